The Labute approximate surface area is 77.1 Å². The molecule has 5 atom stereocenters. The lowest BCUT2D eigenvalue weighted by molar-refractivity contribution is -0.148. The zero-order chi connectivity index (χ0) is 8.51. The molecule has 2 saturated carbocycles. The van der Waals surface area contributed by atoms with Crippen molar-refractivity contribution in [3.8, 4) is 0 Å². The monoisotopic (exact) mass is 184 g/mol. The van der Waals surface area contributed by atoms with Crippen LogP contribution in [-0.2, 0) is 9.53 Å². The Hall–Kier alpha value is -0.180. The van der Waals surface area contributed by atoms with Crippen LogP contribution in [0.5, 0.6) is 0 Å². The highest BCUT2D eigenvalue weighted by atomic mass is 32.1. The van der Waals surface area contributed by atoms with Crippen LogP contribution in [0, 0.1) is 17.8 Å². The zero-order valence-corrected chi connectivity index (χ0v) is 7.88. The maximum Gasteiger partial charge on any atom is 0.309 e. The van der Waals surface area contributed by atoms with E-state index in [1.165, 1.54) is 0 Å². The molecule has 2 nitrogen and oxygen atoms in total. The molecule has 0 aromatic carbocycles. The third kappa shape index (κ3) is 0.563. The minimum Gasteiger partial charge on any atom is -0.458 e. The summed E-state index contributed by atoms with van der Waals surface area (Å²) in [6.45, 7) is 2.05. The first kappa shape index (κ1) is 7.25. The normalized spacial score (nSPS) is 61.0. The molecular weight excluding hydrogens is 172 g/mol. The molecule has 0 aromatic rings. The summed E-state index contributed by atoms with van der Waals surface area (Å²) < 4.78 is 5.42. The van der Waals surface area contributed by atoms with Crippen molar-refractivity contribution in [2.24, 2.45) is 17.8 Å². The quantitative estimate of drug-likeness (QED) is 0.453. The van der Waals surface area contributed by atoms with Crippen LogP contribution in [-0.4, -0.2) is 16.8 Å². The van der Waals surface area contributed by atoms with Crippen molar-refractivity contribution < 1.29 is 9.53 Å². The zero-order valence-electron chi connectivity index (χ0n) is 6.99. The molecule has 3 heteroatoms. The van der Waals surface area contributed by atoms with Gasteiger partial charge in [-0.2, -0.15) is 12.6 Å². The fourth-order valence-electron chi connectivity index (χ4n) is 3.34. The van der Waals surface area contributed by atoms with Crippen LogP contribution in [0.1, 0.15) is 19.8 Å². The van der Waals surface area contributed by atoms with Crippen molar-refractivity contribution in [1.29, 1.82) is 0 Å². The Kier molecular flexibility index (Phi) is 1.11. The molecule has 5 unspecified atom stereocenters. The summed E-state index contributed by atoms with van der Waals surface area (Å²) >= 11 is 4.55. The van der Waals surface area contributed by atoms with Gasteiger partial charge >= 0.3 is 5.97 Å². The smallest absolute Gasteiger partial charge is 0.309 e. The van der Waals surface area contributed by atoms with Crippen molar-refractivity contribution in [2.75, 3.05) is 0 Å². The van der Waals surface area contributed by atoms with Gasteiger partial charge in [0, 0.05) is 11.2 Å². The number of ether oxygens (including phenoxy) is 1. The van der Waals surface area contributed by atoms with Gasteiger partial charge in [0.1, 0.15) is 5.60 Å². The highest BCUT2D eigenvalue weighted by molar-refractivity contribution is 7.81. The molecule has 12 heavy (non-hydrogen) atoms. The molecule has 1 heterocycles. The van der Waals surface area contributed by atoms with Crippen molar-refractivity contribution in [3.63, 3.8) is 0 Å². The number of hydrogen-bond acceptors (Lipinski definition) is 3. The van der Waals surface area contributed by atoms with E-state index in [4.69, 9.17) is 4.74 Å². The first-order valence-corrected chi connectivity index (χ1v) is 5.05. The summed E-state index contributed by atoms with van der Waals surface area (Å²) in [4.78, 5) is 11.4. The van der Waals surface area contributed by atoms with Gasteiger partial charge in [0.15, 0.2) is 0 Å². The second kappa shape index (κ2) is 1.84. The van der Waals surface area contributed by atoms with Gasteiger partial charge in [0.05, 0.1) is 5.92 Å². The third-order valence-corrected chi connectivity index (χ3v) is 4.93. The van der Waals surface area contributed by atoms with Crippen LogP contribution in [0.25, 0.3) is 0 Å². The van der Waals surface area contributed by atoms with Crippen molar-refractivity contribution in [1.82, 2.24) is 0 Å². The number of esters is 1. The first-order valence-electron chi connectivity index (χ1n) is 4.54. The topological polar surface area (TPSA) is 26.3 Å². The molecule has 3 fully saturated rings. The minimum atomic E-state index is -0.228. The van der Waals surface area contributed by atoms with Crippen LogP contribution < -0.4 is 0 Å². The lowest BCUT2D eigenvalue weighted by Gasteiger charge is -2.31. The number of fused-ring (bicyclic) bond motifs is 1. The van der Waals surface area contributed by atoms with E-state index in [2.05, 4.69) is 12.6 Å². The van der Waals surface area contributed by atoms with Gasteiger partial charge in [-0.25, -0.2) is 0 Å². The second-order valence-electron chi connectivity index (χ2n) is 4.49. The molecule has 2 bridgehead atoms. The number of carbonyl (C=O) groups is 1. The van der Waals surface area contributed by atoms with Gasteiger partial charge in [0.2, 0.25) is 0 Å². The van der Waals surface area contributed by atoms with E-state index in [0.29, 0.717) is 11.8 Å². The Bertz CT molecular complexity index is 265. The van der Waals surface area contributed by atoms with Crippen LogP contribution in [0.2, 0.25) is 0 Å². The van der Waals surface area contributed by atoms with E-state index in [9.17, 15) is 4.79 Å². The summed E-state index contributed by atoms with van der Waals surface area (Å²) in [5.74, 6) is 1.34. The van der Waals surface area contributed by atoms with E-state index in [0.717, 1.165) is 12.8 Å². The minimum absolute atomic E-state index is 0.0292. The number of thiol groups is 1. The van der Waals surface area contributed by atoms with Crippen molar-refractivity contribution in [2.45, 2.75) is 30.6 Å². The van der Waals surface area contributed by atoms with Gasteiger partial charge in [-0.3, -0.25) is 4.79 Å². The van der Waals surface area contributed by atoms with Crippen LogP contribution >= 0.6 is 12.6 Å². The molecule has 0 N–H and O–H groups in total. The number of hydrogen-bond donors (Lipinski definition) is 1. The van der Waals surface area contributed by atoms with Crippen molar-refractivity contribution in [3.05, 3.63) is 0 Å². The predicted octanol–water partition coefficient (Wildman–Crippen LogP) is 1.26. The Morgan fingerprint density at radius 3 is 2.92 bits per heavy atom. The van der Waals surface area contributed by atoms with Crippen LogP contribution in [0.3, 0.4) is 0 Å². The van der Waals surface area contributed by atoms with E-state index in [-0.39, 0.29) is 22.7 Å². The van der Waals surface area contributed by atoms with E-state index >= 15 is 0 Å². The molecule has 3 rings (SSSR count). The van der Waals surface area contributed by atoms with Gasteiger partial charge in [-0.05, 0) is 25.7 Å². The van der Waals surface area contributed by atoms with E-state index < -0.39 is 0 Å². The Morgan fingerprint density at radius 1 is 1.58 bits per heavy atom. The van der Waals surface area contributed by atoms with Gasteiger partial charge in [-0.15, -0.1) is 0 Å². The molecule has 0 radical (unpaired) electrons. The Morgan fingerprint density at radius 2 is 2.33 bits per heavy atom. The average molecular weight is 184 g/mol. The fraction of sp³-hybridized carbons (Fsp3) is 0.889. The SMILES string of the molecule is CC12OC(=O)C3CC(CC31)C2S. The maximum absolute atomic E-state index is 11.4. The molecular formula is C9H12O2S. The molecule has 66 valence electrons. The van der Waals surface area contributed by atoms with Crippen LogP contribution in [0.4, 0.5) is 0 Å². The number of carbonyl (C=O) groups excluding carboxylic acids is 1. The van der Waals surface area contributed by atoms with E-state index in [1.54, 1.807) is 0 Å². The lowest BCUT2D eigenvalue weighted by atomic mass is 9.81. The second-order valence-corrected chi connectivity index (χ2v) is 5.05. The summed E-state index contributed by atoms with van der Waals surface area (Å²) in [6, 6.07) is 0. The molecule has 2 aliphatic carbocycles. The summed E-state index contributed by atoms with van der Waals surface area (Å²) in [5, 5.41) is 0.283. The molecule has 3 aliphatic rings. The largest absolute Gasteiger partial charge is 0.458 e. The lowest BCUT2D eigenvalue weighted by Crippen LogP contribution is -2.40. The number of rotatable bonds is 0. The molecule has 1 saturated heterocycles. The highest BCUT2D eigenvalue weighted by Gasteiger charge is 2.67. The fourth-order valence-corrected chi connectivity index (χ4v) is 3.83. The van der Waals surface area contributed by atoms with Gasteiger partial charge in [0.25, 0.3) is 0 Å². The summed E-state index contributed by atoms with van der Waals surface area (Å²) in [5.41, 5.74) is -0.228. The molecule has 1 aliphatic heterocycles. The Balaban J connectivity index is 2.11. The first-order chi connectivity index (χ1) is 5.63. The van der Waals surface area contributed by atoms with Crippen LogP contribution in [0.15, 0.2) is 0 Å². The van der Waals surface area contributed by atoms with Gasteiger partial charge < -0.3 is 4.74 Å². The summed E-state index contributed by atoms with van der Waals surface area (Å²) in [6.07, 6.45) is 2.17. The summed E-state index contributed by atoms with van der Waals surface area (Å²) in [7, 11) is 0. The van der Waals surface area contributed by atoms with Gasteiger partial charge in [-0.1, -0.05) is 0 Å². The average Bonchev–Trinajstić information content (AvgIpc) is 2.56. The molecule has 0 spiro atoms. The third-order valence-electron chi connectivity index (χ3n) is 3.99. The molecule has 0 aromatic heterocycles. The maximum atomic E-state index is 11.4. The van der Waals surface area contributed by atoms with E-state index in [1.807, 2.05) is 6.92 Å². The standard InChI is InChI=1S/C9H12O2S/c1-9-6-3-4(7(9)12)2-5(6)8(10)11-9/h4-7,12H,2-3H2,1H3. The van der Waals surface area contributed by atoms with Crippen molar-refractivity contribution >= 4 is 18.6 Å². The highest BCUT2D eigenvalue weighted by Crippen LogP contribution is 2.61. The molecule has 0 amide bonds. The predicted molar refractivity (Wildman–Crippen MR) is 47.0 cm³/mol.